The molecule has 1 heterocycles. The second kappa shape index (κ2) is 7.45. The number of aliphatic carboxylic acids is 1. The lowest BCUT2D eigenvalue weighted by molar-refractivity contribution is -0.137. The van der Waals surface area contributed by atoms with Crippen molar-refractivity contribution < 1.29 is 19.5 Å². The Bertz CT molecular complexity index is 1360. The lowest BCUT2D eigenvalue weighted by Crippen LogP contribution is -2.31. The highest BCUT2D eigenvalue weighted by atomic mass is 32.1. The van der Waals surface area contributed by atoms with Crippen molar-refractivity contribution in [2.45, 2.75) is 12.5 Å². The van der Waals surface area contributed by atoms with E-state index in [0.717, 1.165) is 11.1 Å². The number of rotatable bonds is 5. The first-order valence-electron chi connectivity index (χ1n) is 9.68. The van der Waals surface area contributed by atoms with E-state index < -0.39 is 23.6 Å². The van der Waals surface area contributed by atoms with Crippen LogP contribution in [0.5, 0.6) is 0 Å². The van der Waals surface area contributed by atoms with Gasteiger partial charge in [0.15, 0.2) is 5.13 Å². The van der Waals surface area contributed by atoms with E-state index >= 15 is 0 Å². The van der Waals surface area contributed by atoms with E-state index in [4.69, 9.17) is 0 Å². The SMILES string of the molecule is O=C1C(=O)c2c(ccc3nc(NC(Cc4ccccc4)C(=O)O)sc23)-c2ccccc21. The molecule has 31 heavy (non-hydrogen) atoms. The number of hydrogen-bond acceptors (Lipinski definition) is 6. The number of fused-ring (bicyclic) bond motifs is 5. The summed E-state index contributed by atoms with van der Waals surface area (Å²) in [4.78, 5) is 41.8. The summed E-state index contributed by atoms with van der Waals surface area (Å²) in [6.45, 7) is 0. The first-order chi connectivity index (χ1) is 15.0. The van der Waals surface area contributed by atoms with E-state index in [1.807, 2.05) is 42.5 Å². The normalized spacial score (nSPS) is 13.5. The van der Waals surface area contributed by atoms with Crippen molar-refractivity contribution in [2.24, 2.45) is 0 Å². The van der Waals surface area contributed by atoms with Crippen LogP contribution >= 0.6 is 11.3 Å². The fourth-order valence-corrected chi connectivity index (χ4v) is 4.92. The number of carboxylic acid groups (broad SMARTS) is 1. The first-order valence-corrected chi connectivity index (χ1v) is 10.5. The number of hydrogen-bond donors (Lipinski definition) is 2. The molecule has 1 aliphatic rings. The van der Waals surface area contributed by atoms with E-state index in [9.17, 15) is 19.5 Å². The molecule has 1 aliphatic carbocycles. The first kappa shape index (κ1) is 19.1. The molecule has 2 N–H and O–H groups in total. The number of nitrogens with zero attached hydrogens (tertiary/aromatic N) is 1. The molecule has 3 aromatic carbocycles. The largest absolute Gasteiger partial charge is 0.480 e. The minimum atomic E-state index is -0.995. The van der Waals surface area contributed by atoms with Crippen molar-refractivity contribution in [1.29, 1.82) is 0 Å². The maximum atomic E-state index is 12.9. The summed E-state index contributed by atoms with van der Waals surface area (Å²) < 4.78 is 0.580. The summed E-state index contributed by atoms with van der Waals surface area (Å²) in [5.41, 5.74) is 3.59. The van der Waals surface area contributed by atoms with Gasteiger partial charge in [0.25, 0.3) is 0 Å². The number of nitrogens with one attached hydrogen (secondary N) is 1. The van der Waals surface area contributed by atoms with Crippen LogP contribution in [-0.4, -0.2) is 33.7 Å². The summed E-state index contributed by atoms with van der Waals surface area (Å²) in [7, 11) is 0. The maximum Gasteiger partial charge on any atom is 0.326 e. The zero-order valence-corrected chi connectivity index (χ0v) is 17.0. The van der Waals surface area contributed by atoms with Gasteiger partial charge in [0.1, 0.15) is 6.04 Å². The summed E-state index contributed by atoms with van der Waals surface area (Å²) in [6.07, 6.45) is 0.287. The van der Waals surface area contributed by atoms with Crippen LogP contribution in [0.3, 0.4) is 0 Å². The Hall–Kier alpha value is -3.84. The minimum absolute atomic E-state index is 0.287. The smallest absolute Gasteiger partial charge is 0.326 e. The third kappa shape index (κ3) is 3.29. The van der Waals surface area contributed by atoms with Gasteiger partial charge in [0.2, 0.25) is 11.6 Å². The van der Waals surface area contributed by atoms with Gasteiger partial charge in [-0.2, -0.15) is 0 Å². The summed E-state index contributed by atoms with van der Waals surface area (Å²) in [6, 6.07) is 19.1. The zero-order valence-electron chi connectivity index (χ0n) is 16.2. The molecule has 0 saturated heterocycles. The van der Waals surface area contributed by atoms with Gasteiger partial charge < -0.3 is 10.4 Å². The molecule has 6 nitrogen and oxygen atoms in total. The Morgan fingerprint density at radius 2 is 1.61 bits per heavy atom. The number of carbonyl (C=O) groups excluding carboxylic acids is 2. The fraction of sp³-hybridized carbons (Fsp3) is 0.0833. The number of thiazole rings is 1. The third-order valence-corrected chi connectivity index (χ3v) is 6.35. The van der Waals surface area contributed by atoms with Crippen molar-refractivity contribution in [3.63, 3.8) is 0 Å². The Morgan fingerprint density at radius 1 is 0.903 bits per heavy atom. The molecule has 4 aromatic rings. The van der Waals surface area contributed by atoms with Crippen LogP contribution in [0.15, 0.2) is 66.7 Å². The number of carboxylic acids is 1. The lowest BCUT2D eigenvalue weighted by Gasteiger charge is -2.17. The fourth-order valence-electron chi connectivity index (χ4n) is 3.85. The number of benzene rings is 3. The maximum absolute atomic E-state index is 12.9. The molecule has 1 unspecified atom stereocenters. The number of carbonyl (C=O) groups is 3. The van der Waals surface area contributed by atoms with E-state index in [1.54, 1.807) is 24.3 Å². The number of aromatic nitrogens is 1. The summed E-state index contributed by atoms with van der Waals surface area (Å²) in [5.74, 6) is -2.09. The number of ketones is 2. The van der Waals surface area contributed by atoms with E-state index in [1.165, 1.54) is 11.3 Å². The lowest BCUT2D eigenvalue weighted by atomic mass is 9.84. The molecule has 0 fully saturated rings. The Morgan fingerprint density at radius 3 is 2.35 bits per heavy atom. The molecule has 0 spiro atoms. The predicted octanol–water partition coefficient (Wildman–Crippen LogP) is 4.45. The standard InChI is InChI=1S/C24H16N2O4S/c27-20-16-9-5-4-8-14(16)15-10-11-17-22(19(15)21(20)28)31-24(25-17)26-18(23(29)30)12-13-6-2-1-3-7-13/h1-11,18H,12H2,(H,25,26)(H,29,30). The van der Waals surface area contributed by atoms with E-state index in [0.29, 0.717) is 32.0 Å². The summed E-state index contributed by atoms with van der Waals surface area (Å²) in [5, 5.41) is 13.0. The van der Waals surface area contributed by atoms with Crippen LogP contribution in [0.4, 0.5) is 5.13 Å². The highest BCUT2D eigenvalue weighted by Crippen LogP contribution is 2.40. The Labute approximate surface area is 181 Å². The average molecular weight is 428 g/mol. The number of anilines is 1. The molecule has 5 rings (SSSR count). The Balaban J connectivity index is 1.55. The van der Waals surface area contributed by atoms with Gasteiger partial charge in [-0.1, -0.05) is 72.0 Å². The van der Waals surface area contributed by atoms with Gasteiger partial charge in [-0.3, -0.25) is 9.59 Å². The quantitative estimate of drug-likeness (QED) is 0.456. The zero-order chi connectivity index (χ0) is 21.5. The molecular weight excluding hydrogens is 412 g/mol. The third-order valence-electron chi connectivity index (χ3n) is 5.33. The van der Waals surface area contributed by atoms with Crippen LogP contribution in [0.1, 0.15) is 26.3 Å². The van der Waals surface area contributed by atoms with Crippen LogP contribution in [-0.2, 0) is 11.2 Å². The molecular formula is C24H16N2O4S. The van der Waals surface area contributed by atoms with Crippen LogP contribution in [0, 0.1) is 0 Å². The molecule has 0 saturated carbocycles. The highest BCUT2D eigenvalue weighted by Gasteiger charge is 2.33. The molecule has 152 valence electrons. The predicted molar refractivity (Wildman–Crippen MR) is 119 cm³/mol. The van der Waals surface area contributed by atoms with Crippen molar-refractivity contribution in [2.75, 3.05) is 5.32 Å². The van der Waals surface area contributed by atoms with Crippen LogP contribution in [0.2, 0.25) is 0 Å². The molecule has 0 bridgehead atoms. The van der Waals surface area contributed by atoms with Gasteiger partial charge in [-0.15, -0.1) is 0 Å². The minimum Gasteiger partial charge on any atom is -0.480 e. The van der Waals surface area contributed by atoms with Gasteiger partial charge in [0, 0.05) is 12.0 Å². The Kier molecular flexibility index (Phi) is 4.60. The van der Waals surface area contributed by atoms with Gasteiger partial charge in [-0.25, -0.2) is 9.78 Å². The molecule has 1 aromatic heterocycles. The molecule has 0 amide bonds. The van der Waals surface area contributed by atoms with E-state index in [2.05, 4.69) is 10.3 Å². The highest BCUT2D eigenvalue weighted by molar-refractivity contribution is 7.22. The van der Waals surface area contributed by atoms with Gasteiger partial charge in [-0.05, 0) is 22.8 Å². The van der Waals surface area contributed by atoms with E-state index in [-0.39, 0.29) is 6.42 Å². The van der Waals surface area contributed by atoms with Crippen molar-refractivity contribution in [1.82, 2.24) is 4.98 Å². The van der Waals surface area contributed by atoms with Crippen LogP contribution < -0.4 is 5.32 Å². The molecule has 7 heteroatoms. The second-order valence-corrected chi connectivity index (χ2v) is 8.28. The second-order valence-electron chi connectivity index (χ2n) is 7.28. The molecule has 0 radical (unpaired) electrons. The van der Waals surface area contributed by atoms with Gasteiger partial charge in [0.05, 0.1) is 15.8 Å². The average Bonchev–Trinajstić information content (AvgIpc) is 3.20. The summed E-state index contributed by atoms with van der Waals surface area (Å²) >= 11 is 1.19. The molecule has 1 atom stereocenters. The van der Waals surface area contributed by atoms with Crippen molar-refractivity contribution >= 4 is 44.2 Å². The van der Waals surface area contributed by atoms with Crippen molar-refractivity contribution in [3.8, 4) is 11.1 Å². The topological polar surface area (TPSA) is 96.4 Å². The monoisotopic (exact) mass is 428 g/mol. The van der Waals surface area contributed by atoms with Crippen LogP contribution in [0.25, 0.3) is 21.3 Å². The van der Waals surface area contributed by atoms with Crippen molar-refractivity contribution in [3.05, 3.63) is 83.4 Å². The molecule has 0 aliphatic heterocycles. The van der Waals surface area contributed by atoms with Gasteiger partial charge >= 0.3 is 5.97 Å². The number of Topliss-reactive ketones (excluding diaryl/α,β-unsaturated/α-hetero) is 2.